The van der Waals surface area contributed by atoms with Gasteiger partial charge in [-0.15, -0.1) is 11.3 Å². The average molecular weight is 449 g/mol. The second kappa shape index (κ2) is 11.1. The lowest BCUT2D eigenvalue weighted by Crippen LogP contribution is -2.21. The SMILES string of the molecule is CCOC(=O)c1sc(NC(=O)COC(=O)/C=C/c2ccc(C)o2)c(C(=O)OCC)c1C. The number of furan rings is 1. The Kier molecular flexibility index (Phi) is 8.56. The van der Waals surface area contributed by atoms with Crippen LogP contribution in [0.25, 0.3) is 6.08 Å². The van der Waals surface area contributed by atoms with E-state index in [-0.39, 0.29) is 28.7 Å². The van der Waals surface area contributed by atoms with Crippen molar-refractivity contribution in [3.05, 3.63) is 45.7 Å². The molecule has 0 fully saturated rings. The summed E-state index contributed by atoms with van der Waals surface area (Å²) < 4.78 is 20.2. The van der Waals surface area contributed by atoms with Crippen LogP contribution in [0.5, 0.6) is 0 Å². The molecular weight excluding hydrogens is 426 g/mol. The summed E-state index contributed by atoms with van der Waals surface area (Å²) in [5, 5.41) is 2.60. The molecule has 0 radical (unpaired) electrons. The summed E-state index contributed by atoms with van der Waals surface area (Å²) >= 11 is 0.887. The largest absolute Gasteiger partial charge is 0.462 e. The van der Waals surface area contributed by atoms with E-state index in [1.807, 2.05) is 0 Å². The minimum absolute atomic E-state index is 0.0580. The highest BCUT2D eigenvalue weighted by Gasteiger charge is 2.27. The van der Waals surface area contributed by atoms with Crippen molar-refractivity contribution in [1.29, 1.82) is 0 Å². The van der Waals surface area contributed by atoms with E-state index in [4.69, 9.17) is 18.6 Å². The number of carbonyl (C=O) groups is 4. The lowest BCUT2D eigenvalue weighted by Gasteiger charge is -2.07. The van der Waals surface area contributed by atoms with Crippen molar-refractivity contribution in [2.45, 2.75) is 27.7 Å². The van der Waals surface area contributed by atoms with E-state index in [0.29, 0.717) is 17.1 Å². The maximum absolute atomic E-state index is 12.3. The van der Waals surface area contributed by atoms with Crippen LogP contribution in [0.15, 0.2) is 22.6 Å². The molecule has 0 bridgehead atoms. The zero-order chi connectivity index (χ0) is 23.0. The van der Waals surface area contributed by atoms with Gasteiger partial charge in [0.05, 0.1) is 18.8 Å². The number of aryl methyl sites for hydroxylation is 1. The van der Waals surface area contributed by atoms with Crippen molar-refractivity contribution < 1.29 is 37.8 Å². The minimum Gasteiger partial charge on any atom is -0.462 e. The molecule has 9 nitrogen and oxygen atoms in total. The number of hydrogen-bond acceptors (Lipinski definition) is 9. The molecule has 0 unspecified atom stereocenters. The second-order valence-electron chi connectivity index (χ2n) is 6.14. The number of thiophene rings is 1. The van der Waals surface area contributed by atoms with Crippen LogP contribution in [0.3, 0.4) is 0 Å². The topological polar surface area (TPSA) is 121 Å². The maximum Gasteiger partial charge on any atom is 0.348 e. The van der Waals surface area contributed by atoms with Crippen molar-refractivity contribution in [1.82, 2.24) is 0 Å². The summed E-state index contributed by atoms with van der Waals surface area (Å²) in [6.45, 7) is 6.32. The molecule has 0 spiro atoms. The second-order valence-corrected chi connectivity index (χ2v) is 7.16. The summed E-state index contributed by atoms with van der Waals surface area (Å²) in [6, 6.07) is 3.43. The molecule has 1 amide bonds. The first-order valence-corrected chi connectivity index (χ1v) is 10.3. The Hall–Kier alpha value is -3.40. The third-order valence-corrected chi connectivity index (χ3v) is 5.02. The van der Waals surface area contributed by atoms with Gasteiger partial charge in [-0.25, -0.2) is 14.4 Å². The van der Waals surface area contributed by atoms with Gasteiger partial charge in [-0.2, -0.15) is 0 Å². The quantitative estimate of drug-likeness (QED) is 0.351. The Balaban J connectivity index is 2.07. The van der Waals surface area contributed by atoms with E-state index in [9.17, 15) is 19.2 Å². The Labute approximate surface area is 183 Å². The number of anilines is 1. The van der Waals surface area contributed by atoms with Crippen molar-refractivity contribution in [2.24, 2.45) is 0 Å². The van der Waals surface area contributed by atoms with Crippen LogP contribution in [0.2, 0.25) is 0 Å². The molecule has 0 aliphatic rings. The predicted molar refractivity (Wildman–Crippen MR) is 113 cm³/mol. The number of hydrogen-bond donors (Lipinski definition) is 1. The molecule has 2 aromatic heterocycles. The van der Waals surface area contributed by atoms with Crippen molar-refractivity contribution in [2.75, 3.05) is 25.1 Å². The molecule has 1 N–H and O–H groups in total. The van der Waals surface area contributed by atoms with Crippen molar-refractivity contribution in [3.63, 3.8) is 0 Å². The van der Waals surface area contributed by atoms with Crippen LogP contribution in [0, 0.1) is 13.8 Å². The molecule has 31 heavy (non-hydrogen) atoms. The van der Waals surface area contributed by atoms with Gasteiger partial charge in [-0.1, -0.05) is 0 Å². The maximum atomic E-state index is 12.3. The summed E-state index contributed by atoms with van der Waals surface area (Å²) in [4.78, 5) is 48.7. The average Bonchev–Trinajstić information content (AvgIpc) is 3.28. The summed E-state index contributed by atoms with van der Waals surface area (Å²) in [5.41, 5.74) is 0.397. The zero-order valence-electron chi connectivity index (χ0n) is 17.6. The molecule has 2 heterocycles. The molecule has 10 heteroatoms. The molecule has 2 rings (SSSR count). The first-order chi connectivity index (χ1) is 14.8. The Morgan fingerprint density at radius 1 is 1.03 bits per heavy atom. The number of ether oxygens (including phenoxy) is 3. The molecule has 0 saturated heterocycles. The molecule has 166 valence electrons. The van der Waals surface area contributed by atoms with Crippen LogP contribution in [0.4, 0.5) is 5.00 Å². The van der Waals surface area contributed by atoms with Gasteiger partial charge in [0.25, 0.3) is 5.91 Å². The molecular formula is C21H23NO8S. The van der Waals surface area contributed by atoms with Gasteiger partial charge in [0.2, 0.25) is 0 Å². The third-order valence-electron chi connectivity index (χ3n) is 3.83. The number of esters is 3. The van der Waals surface area contributed by atoms with Gasteiger partial charge < -0.3 is 23.9 Å². The molecule has 0 aliphatic carbocycles. The number of carbonyl (C=O) groups excluding carboxylic acids is 4. The number of nitrogens with one attached hydrogen (secondary N) is 1. The zero-order valence-corrected chi connectivity index (χ0v) is 18.4. The van der Waals surface area contributed by atoms with E-state index < -0.39 is 30.4 Å². The highest BCUT2D eigenvalue weighted by Crippen LogP contribution is 2.34. The van der Waals surface area contributed by atoms with E-state index >= 15 is 0 Å². The fourth-order valence-corrected chi connectivity index (χ4v) is 3.59. The fourth-order valence-electron chi connectivity index (χ4n) is 2.48. The van der Waals surface area contributed by atoms with Gasteiger partial charge >= 0.3 is 17.9 Å². The van der Waals surface area contributed by atoms with Crippen LogP contribution in [0.1, 0.15) is 51.0 Å². The Bertz CT molecular complexity index is 1000. The van der Waals surface area contributed by atoms with Crippen LogP contribution in [-0.2, 0) is 23.8 Å². The van der Waals surface area contributed by atoms with Gasteiger partial charge in [0.15, 0.2) is 6.61 Å². The van der Waals surface area contributed by atoms with E-state index in [0.717, 1.165) is 17.4 Å². The lowest BCUT2D eigenvalue weighted by atomic mass is 10.1. The molecule has 2 aromatic rings. The Morgan fingerprint density at radius 3 is 2.32 bits per heavy atom. The van der Waals surface area contributed by atoms with Crippen LogP contribution >= 0.6 is 11.3 Å². The first-order valence-electron chi connectivity index (χ1n) is 9.45. The van der Waals surface area contributed by atoms with E-state index in [1.165, 1.54) is 6.08 Å². The smallest absolute Gasteiger partial charge is 0.348 e. The highest BCUT2D eigenvalue weighted by atomic mass is 32.1. The summed E-state index contributed by atoms with van der Waals surface area (Å²) in [6.07, 6.45) is 2.55. The molecule has 0 saturated carbocycles. The summed E-state index contributed by atoms with van der Waals surface area (Å²) in [5.74, 6) is -1.56. The van der Waals surface area contributed by atoms with Gasteiger partial charge in [-0.3, -0.25) is 4.79 Å². The van der Waals surface area contributed by atoms with E-state index in [1.54, 1.807) is 39.8 Å². The molecule has 0 atom stereocenters. The van der Waals surface area contributed by atoms with Gasteiger partial charge in [-0.05, 0) is 51.5 Å². The standard InChI is InChI=1S/C21H23NO8S/c1-5-27-20(25)17-13(4)18(21(26)28-6-2)31-19(17)22-15(23)11-29-16(24)10-9-14-8-7-12(3)30-14/h7-10H,5-6,11H2,1-4H3,(H,22,23)/b10-9+. The number of amides is 1. The van der Waals surface area contributed by atoms with Gasteiger partial charge in [0, 0.05) is 6.08 Å². The van der Waals surface area contributed by atoms with Gasteiger partial charge in [0.1, 0.15) is 21.4 Å². The normalized spacial score (nSPS) is 10.7. The Morgan fingerprint density at radius 2 is 1.71 bits per heavy atom. The molecule has 0 aromatic carbocycles. The van der Waals surface area contributed by atoms with Crippen LogP contribution < -0.4 is 5.32 Å². The van der Waals surface area contributed by atoms with E-state index in [2.05, 4.69) is 5.32 Å². The highest BCUT2D eigenvalue weighted by molar-refractivity contribution is 7.18. The monoisotopic (exact) mass is 449 g/mol. The molecule has 0 aliphatic heterocycles. The predicted octanol–water partition coefficient (Wildman–Crippen LogP) is 3.51. The first kappa shape index (κ1) is 23.9. The lowest BCUT2D eigenvalue weighted by molar-refractivity contribution is -0.142. The van der Waals surface area contributed by atoms with Crippen molar-refractivity contribution >= 4 is 46.2 Å². The van der Waals surface area contributed by atoms with Crippen molar-refractivity contribution in [3.8, 4) is 0 Å². The minimum atomic E-state index is -0.746. The number of rotatable bonds is 9. The summed E-state index contributed by atoms with van der Waals surface area (Å²) in [7, 11) is 0. The third kappa shape index (κ3) is 6.54. The fraction of sp³-hybridized carbons (Fsp3) is 0.333. The van der Waals surface area contributed by atoms with Crippen LogP contribution in [-0.4, -0.2) is 43.6 Å².